The van der Waals surface area contributed by atoms with E-state index in [0.717, 1.165) is 39.4 Å². The number of hydrazine groups is 1. The predicted octanol–water partition coefficient (Wildman–Crippen LogP) is 4.92. The maximum absolute atomic E-state index is 5.57. The van der Waals surface area contributed by atoms with Gasteiger partial charge in [0.1, 0.15) is 0 Å². The van der Waals surface area contributed by atoms with Crippen LogP contribution in [0.5, 0.6) is 0 Å². The zero-order valence-corrected chi connectivity index (χ0v) is 16.9. The molecule has 0 radical (unpaired) electrons. The number of benzene rings is 2. The maximum Gasteiger partial charge on any atom is 0.0608 e. The van der Waals surface area contributed by atoms with E-state index in [-0.39, 0.29) is 0 Å². The summed E-state index contributed by atoms with van der Waals surface area (Å²) in [6, 6.07) is 21.8. The number of ether oxygens (including phenoxy) is 1. The minimum Gasteiger partial charge on any atom is -0.379 e. The lowest BCUT2D eigenvalue weighted by molar-refractivity contribution is -0.0919. The van der Waals surface area contributed by atoms with Crippen molar-refractivity contribution in [2.75, 3.05) is 39.4 Å². The third-order valence-corrected chi connectivity index (χ3v) is 5.77. The van der Waals surface area contributed by atoms with Gasteiger partial charge in [0.25, 0.3) is 0 Å². The normalized spacial score (nSPS) is 17.7. The van der Waals surface area contributed by atoms with Crippen molar-refractivity contribution in [3.63, 3.8) is 0 Å². The molecule has 0 amide bonds. The number of nitrogens with zero attached hydrogens (tertiary/aromatic N) is 2. The van der Waals surface area contributed by atoms with E-state index in [1.807, 2.05) is 0 Å². The summed E-state index contributed by atoms with van der Waals surface area (Å²) < 4.78 is 5.57. The van der Waals surface area contributed by atoms with E-state index >= 15 is 0 Å². The monoisotopic (exact) mass is 366 g/mol. The summed E-state index contributed by atoms with van der Waals surface area (Å²) in [7, 11) is 0. The molecule has 2 aromatic rings. The molecule has 0 spiro atoms. The molecule has 2 unspecified atom stereocenters. The van der Waals surface area contributed by atoms with Crippen LogP contribution in [0, 0.1) is 0 Å². The average molecular weight is 367 g/mol. The Hall–Kier alpha value is -1.68. The first kappa shape index (κ1) is 20.1. The molecule has 3 rings (SSSR count). The topological polar surface area (TPSA) is 15.7 Å². The quantitative estimate of drug-likeness (QED) is 0.626. The minimum absolute atomic E-state index is 0.585. The number of hydrogen-bond acceptors (Lipinski definition) is 3. The van der Waals surface area contributed by atoms with Crippen molar-refractivity contribution in [2.45, 2.75) is 38.5 Å². The van der Waals surface area contributed by atoms with E-state index in [1.54, 1.807) is 0 Å². The molecule has 1 aliphatic heterocycles. The maximum atomic E-state index is 5.57. The molecule has 1 fully saturated rings. The van der Waals surface area contributed by atoms with E-state index < -0.39 is 0 Å². The molecule has 0 aromatic heterocycles. The van der Waals surface area contributed by atoms with Crippen molar-refractivity contribution in [2.24, 2.45) is 0 Å². The van der Waals surface area contributed by atoms with Crippen molar-refractivity contribution in [1.29, 1.82) is 0 Å². The number of hydrogen-bond donors (Lipinski definition) is 0. The first-order chi connectivity index (χ1) is 13.2. The van der Waals surface area contributed by atoms with Crippen LogP contribution in [0.3, 0.4) is 0 Å². The second-order valence-corrected chi connectivity index (χ2v) is 7.72. The molecule has 1 aliphatic rings. The van der Waals surface area contributed by atoms with Crippen molar-refractivity contribution < 1.29 is 4.74 Å². The molecule has 0 aliphatic carbocycles. The highest BCUT2D eigenvalue weighted by Gasteiger charge is 2.20. The summed E-state index contributed by atoms with van der Waals surface area (Å²) >= 11 is 0. The van der Waals surface area contributed by atoms with E-state index in [4.69, 9.17) is 4.74 Å². The van der Waals surface area contributed by atoms with Gasteiger partial charge in [0.2, 0.25) is 0 Å². The van der Waals surface area contributed by atoms with Gasteiger partial charge in [-0.3, -0.25) is 0 Å². The van der Waals surface area contributed by atoms with Gasteiger partial charge in [0.05, 0.1) is 13.2 Å². The summed E-state index contributed by atoms with van der Waals surface area (Å²) in [6.45, 7) is 10.6. The van der Waals surface area contributed by atoms with Gasteiger partial charge in [-0.15, -0.1) is 0 Å². The number of rotatable bonds is 9. The van der Waals surface area contributed by atoms with Crippen molar-refractivity contribution in [1.82, 2.24) is 10.0 Å². The van der Waals surface area contributed by atoms with Crippen LogP contribution in [0.25, 0.3) is 0 Å². The highest BCUT2D eigenvalue weighted by Crippen LogP contribution is 2.22. The van der Waals surface area contributed by atoms with Crippen LogP contribution in [0.1, 0.15) is 49.7 Å². The van der Waals surface area contributed by atoms with Gasteiger partial charge in [-0.05, 0) is 35.8 Å². The molecule has 27 heavy (non-hydrogen) atoms. The summed E-state index contributed by atoms with van der Waals surface area (Å²) in [5, 5.41) is 5.10. The molecule has 3 heteroatoms. The second-order valence-electron chi connectivity index (χ2n) is 7.72. The van der Waals surface area contributed by atoms with Gasteiger partial charge in [-0.25, -0.2) is 10.0 Å². The third kappa shape index (κ3) is 6.17. The van der Waals surface area contributed by atoms with E-state index in [2.05, 4.69) is 84.5 Å². The van der Waals surface area contributed by atoms with Crippen LogP contribution in [0.4, 0.5) is 0 Å². The van der Waals surface area contributed by atoms with Crippen LogP contribution in [-0.2, 0) is 4.74 Å². The molecule has 0 bridgehead atoms. The Labute approximate surface area is 164 Å². The first-order valence-electron chi connectivity index (χ1n) is 10.4. The van der Waals surface area contributed by atoms with Crippen LogP contribution in [-0.4, -0.2) is 49.4 Å². The van der Waals surface area contributed by atoms with E-state index in [0.29, 0.717) is 11.8 Å². The summed E-state index contributed by atoms with van der Waals surface area (Å²) in [4.78, 5) is 0. The largest absolute Gasteiger partial charge is 0.379 e. The molecule has 3 nitrogen and oxygen atoms in total. The van der Waals surface area contributed by atoms with Crippen LogP contribution in [0.15, 0.2) is 60.7 Å². The molecule has 1 heterocycles. The van der Waals surface area contributed by atoms with E-state index in [9.17, 15) is 0 Å². The van der Waals surface area contributed by atoms with Gasteiger partial charge in [-0.1, -0.05) is 74.5 Å². The zero-order chi connectivity index (χ0) is 18.9. The Balaban J connectivity index is 1.57. The fourth-order valence-electron chi connectivity index (χ4n) is 3.81. The van der Waals surface area contributed by atoms with Gasteiger partial charge < -0.3 is 4.74 Å². The molecule has 2 aromatic carbocycles. The molecular weight excluding hydrogens is 332 g/mol. The van der Waals surface area contributed by atoms with Crippen LogP contribution in [0.2, 0.25) is 0 Å². The van der Waals surface area contributed by atoms with Gasteiger partial charge >= 0.3 is 0 Å². The van der Waals surface area contributed by atoms with Crippen LogP contribution >= 0.6 is 0 Å². The highest BCUT2D eigenvalue weighted by atomic mass is 16.5. The molecule has 0 saturated carbocycles. The SMILES string of the molecule is CC(CCN(CCC(C)c1ccccc1)N1CCOCC1)c1ccccc1. The standard InChI is InChI=1S/C24H34N2O/c1-21(23-9-5-3-6-10-23)13-15-25(26-17-19-27-20-18-26)16-14-22(2)24-11-7-4-8-12-24/h3-12,21-22H,13-20H2,1-2H3. The van der Waals surface area contributed by atoms with E-state index in [1.165, 1.54) is 24.0 Å². The Kier molecular flexibility index (Phi) is 7.88. The Bertz CT molecular complexity index is 590. The van der Waals surface area contributed by atoms with Crippen molar-refractivity contribution in [3.05, 3.63) is 71.8 Å². The Morgan fingerprint density at radius 1 is 0.778 bits per heavy atom. The second kappa shape index (κ2) is 10.6. The summed E-state index contributed by atoms with van der Waals surface area (Å²) in [5.41, 5.74) is 2.88. The Morgan fingerprint density at radius 3 is 1.67 bits per heavy atom. The third-order valence-electron chi connectivity index (χ3n) is 5.77. The molecule has 2 atom stereocenters. The van der Waals surface area contributed by atoms with Crippen molar-refractivity contribution in [3.8, 4) is 0 Å². The predicted molar refractivity (Wildman–Crippen MR) is 113 cm³/mol. The fourth-order valence-corrected chi connectivity index (χ4v) is 3.81. The molecule has 0 N–H and O–H groups in total. The van der Waals surface area contributed by atoms with Gasteiger partial charge in [0, 0.05) is 26.2 Å². The van der Waals surface area contributed by atoms with Gasteiger partial charge in [0.15, 0.2) is 0 Å². The van der Waals surface area contributed by atoms with Gasteiger partial charge in [-0.2, -0.15) is 0 Å². The summed E-state index contributed by atoms with van der Waals surface area (Å²) in [6.07, 6.45) is 2.36. The summed E-state index contributed by atoms with van der Waals surface area (Å²) in [5.74, 6) is 1.17. The minimum atomic E-state index is 0.585. The molecular formula is C24H34N2O. The lowest BCUT2D eigenvalue weighted by Crippen LogP contribution is -2.49. The van der Waals surface area contributed by atoms with Crippen LogP contribution < -0.4 is 0 Å². The Morgan fingerprint density at radius 2 is 1.22 bits per heavy atom. The molecule has 146 valence electrons. The average Bonchev–Trinajstić information content (AvgIpc) is 2.75. The van der Waals surface area contributed by atoms with Crippen molar-refractivity contribution >= 4 is 0 Å². The smallest absolute Gasteiger partial charge is 0.0608 e. The lowest BCUT2D eigenvalue weighted by Gasteiger charge is -2.38. The zero-order valence-electron chi connectivity index (χ0n) is 16.9. The lowest BCUT2D eigenvalue weighted by atomic mass is 9.96. The molecule has 1 saturated heterocycles. The first-order valence-corrected chi connectivity index (χ1v) is 10.4. The highest BCUT2D eigenvalue weighted by molar-refractivity contribution is 5.19. The fraction of sp³-hybridized carbons (Fsp3) is 0.500. The number of morpholine rings is 1.